The molecule has 0 aliphatic carbocycles. The van der Waals surface area contributed by atoms with Crippen molar-refractivity contribution in [3.63, 3.8) is 0 Å². The van der Waals surface area contributed by atoms with Crippen molar-refractivity contribution >= 4 is 7.60 Å². The topological polar surface area (TPSA) is 81.5 Å². The van der Waals surface area contributed by atoms with Crippen LogP contribution in [0, 0.1) is 0 Å². The molecule has 1 atom stereocenters. The molecule has 0 aliphatic heterocycles. The summed E-state index contributed by atoms with van der Waals surface area (Å²) >= 11 is 0. The van der Waals surface area contributed by atoms with Crippen LogP contribution in [0.1, 0.15) is 52.4 Å². The van der Waals surface area contributed by atoms with E-state index in [2.05, 4.69) is 6.92 Å². The Morgan fingerprint density at radius 3 is 2.13 bits per heavy atom. The standard InChI is InChI=1S/C10H23O3P.H3N/c1-3-5-6-7-8-9-10-14(11,12)13-4-2;/h3-10H2,1-2H3,(H,11,12);1H3. The maximum atomic E-state index is 11.2. The number of rotatable bonds is 9. The van der Waals surface area contributed by atoms with Gasteiger partial charge >= 0.3 is 7.60 Å². The summed E-state index contributed by atoms with van der Waals surface area (Å²) in [5.41, 5.74) is 0. The van der Waals surface area contributed by atoms with Gasteiger partial charge in [-0.05, 0) is 13.3 Å². The van der Waals surface area contributed by atoms with Gasteiger partial charge in [0.1, 0.15) is 0 Å². The quantitative estimate of drug-likeness (QED) is 0.474. The Hall–Kier alpha value is 0.110. The molecule has 0 aromatic heterocycles. The lowest BCUT2D eigenvalue weighted by molar-refractivity contribution is 0.272. The molecule has 4 N–H and O–H groups in total. The lowest BCUT2D eigenvalue weighted by Crippen LogP contribution is -1.94. The van der Waals surface area contributed by atoms with Gasteiger partial charge in [-0.15, -0.1) is 0 Å². The number of hydrogen-bond donors (Lipinski definition) is 2. The molecule has 0 amide bonds. The van der Waals surface area contributed by atoms with E-state index in [1.54, 1.807) is 6.92 Å². The van der Waals surface area contributed by atoms with E-state index < -0.39 is 7.60 Å². The third-order valence-electron chi connectivity index (χ3n) is 2.13. The van der Waals surface area contributed by atoms with Crippen molar-refractivity contribution in [2.45, 2.75) is 52.4 Å². The first kappa shape index (κ1) is 17.5. The van der Waals surface area contributed by atoms with Crippen LogP contribution in [0.4, 0.5) is 0 Å². The van der Waals surface area contributed by atoms with Crippen LogP contribution in [-0.2, 0) is 9.09 Å². The minimum Gasteiger partial charge on any atom is -0.344 e. The predicted octanol–water partition coefficient (Wildman–Crippen LogP) is 3.73. The van der Waals surface area contributed by atoms with Gasteiger partial charge < -0.3 is 15.6 Å². The molecule has 0 saturated heterocycles. The van der Waals surface area contributed by atoms with Crippen molar-refractivity contribution in [2.75, 3.05) is 12.8 Å². The van der Waals surface area contributed by atoms with Gasteiger partial charge in [0.05, 0.1) is 6.61 Å². The van der Waals surface area contributed by atoms with Gasteiger partial charge in [-0.1, -0.05) is 39.0 Å². The fourth-order valence-electron chi connectivity index (χ4n) is 1.36. The van der Waals surface area contributed by atoms with Gasteiger partial charge in [-0.2, -0.15) is 0 Å². The van der Waals surface area contributed by atoms with Crippen LogP contribution in [-0.4, -0.2) is 17.7 Å². The predicted molar refractivity (Wildman–Crippen MR) is 64.7 cm³/mol. The summed E-state index contributed by atoms with van der Waals surface area (Å²) in [7, 11) is -3.25. The van der Waals surface area contributed by atoms with E-state index in [4.69, 9.17) is 4.52 Å². The normalized spacial score (nSPS) is 14.3. The average molecular weight is 239 g/mol. The molecule has 0 fully saturated rings. The van der Waals surface area contributed by atoms with Gasteiger partial charge in [0.2, 0.25) is 0 Å². The lowest BCUT2D eigenvalue weighted by atomic mass is 10.1. The second-order valence-electron chi connectivity index (χ2n) is 3.55. The fraction of sp³-hybridized carbons (Fsp3) is 1.00. The van der Waals surface area contributed by atoms with Crippen molar-refractivity contribution in [2.24, 2.45) is 0 Å². The minimum absolute atomic E-state index is 0. The zero-order chi connectivity index (χ0) is 10.9. The molecule has 15 heavy (non-hydrogen) atoms. The van der Waals surface area contributed by atoms with Gasteiger partial charge in [-0.25, -0.2) is 0 Å². The highest BCUT2D eigenvalue weighted by atomic mass is 31.2. The van der Waals surface area contributed by atoms with Crippen LogP contribution >= 0.6 is 7.60 Å². The van der Waals surface area contributed by atoms with E-state index in [1.165, 1.54) is 25.7 Å². The molecule has 0 aliphatic rings. The maximum absolute atomic E-state index is 11.2. The Morgan fingerprint density at radius 1 is 1.07 bits per heavy atom. The molecule has 0 spiro atoms. The van der Waals surface area contributed by atoms with Crippen LogP contribution < -0.4 is 6.15 Å². The highest BCUT2D eigenvalue weighted by Gasteiger charge is 2.16. The molecule has 0 bridgehead atoms. The molecule has 1 unspecified atom stereocenters. The highest BCUT2D eigenvalue weighted by Crippen LogP contribution is 2.42. The molecular weight excluding hydrogens is 213 g/mol. The summed E-state index contributed by atoms with van der Waals surface area (Å²) in [6, 6.07) is 0. The molecule has 4 nitrogen and oxygen atoms in total. The first-order chi connectivity index (χ1) is 6.62. The molecule has 0 aromatic carbocycles. The molecule has 0 saturated carbocycles. The van der Waals surface area contributed by atoms with Crippen LogP contribution in [0.5, 0.6) is 0 Å². The second-order valence-corrected chi connectivity index (χ2v) is 5.53. The molecule has 0 radical (unpaired) electrons. The average Bonchev–Trinajstić information content (AvgIpc) is 2.11. The van der Waals surface area contributed by atoms with Gasteiger partial charge in [0, 0.05) is 6.16 Å². The van der Waals surface area contributed by atoms with Crippen molar-refractivity contribution in [1.29, 1.82) is 0 Å². The molecule has 0 rings (SSSR count). The molecule has 0 heterocycles. The smallest absolute Gasteiger partial charge is 0.328 e. The van der Waals surface area contributed by atoms with Gasteiger partial charge in [0.15, 0.2) is 0 Å². The van der Waals surface area contributed by atoms with Crippen molar-refractivity contribution in [1.82, 2.24) is 6.15 Å². The Balaban J connectivity index is 0. The molecule has 94 valence electrons. The van der Waals surface area contributed by atoms with Crippen molar-refractivity contribution in [3.8, 4) is 0 Å². The summed E-state index contributed by atoms with van der Waals surface area (Å²) in [5, 5.41) is 0. The Labute approximate surface area is 93.5 Å². The summed E-state index contributed by atoms with van der Waals surface area (Å²) in [6.45, 7) is 4.24. The third kappa shape index (κ3) is 12.0. The Morgan fingerprint density at radius 2 is 1.60 bits per heavy atom. The number of unbranched alkanes of at least 4 members (excludes halogenated alkanes) is 5. The van der Waals surface area contributed by atoms with E-state index in [0.717, 1.165) is 12.8 Å². The highest BCUT2D eigenvalue weighted by molar-refractivity contribution is 7.52. The van der Waals surface area contributed by atoms with Crippen LogP contribution in [0.25, 0.3) is 0 Å². The van der Waals surface area contributed by atoms with E-state index in [1.807, 2.05) is 0 Å². The maximum Gasteiger partial charge on any atom is 0.328 e. The Kier molecular flexibility index (Phi) is 12.4. The lowest BCUT2D eigenvalue weighted by Gasteiger charge is -2.09. The third-order valence-corrected chi connectivity index (χ3v) is 3.67. The van der Waals surface area contributed by atoms with Crippen molar-refractivity contribution in [3.05, 3.63) is 0 Å². The van der Waals surface area contributed by atoms with E-state index in [0.29, 0.717) is 12.8 Å². The summed E-state index contributed by atoms with van der Waals surface area (Å²) in [4.78, 5) is 9.25. The van der Waals surface area contributed by atoms with Crippen LogP contribution in [0.2, 0.25) is 0 Å². The fourth-order valence-corrected chi connectivity index (χ4v) is 2.51. The zero-order valence-corrected chi connectivity index (χ0v) is 11.0. The summed E-state index contributed by atoms with van der Waals surface area (Å²) in [5.74, 6) is 0. The van der Waals surface area contributed by atoms with Gasteiger partial charge in [0.25, 0.3) is 0 Å². The second kappa shape index (κ2) is 10.6. The van der Waals surface area contributed by atoms with Crippen LogP contribution in [0.15, 0.2) is 0 Å². The van der Waals surface area contributed by atoms with E-state index >= 15 is 0 Å². The van der Waals surface area contributed by atoms with Crippen molar-refractivity contribution < 1.29 is 14.0 Å². The molecule has 0 aromatic rings. The van der Waals surface area contributed by atoms with Crippen LogP contribution in [0.3, 0.4) is 0 Å². The minimum atomic E-state index is -3.25. The SMILES string of the molecule is CCCCCCCCP(=O)(O)OCC.N. The largest absolute Gasteiger partial charge is 0.344 e. The first-order valence-corrected chi connectivity index (χ1v) is 7.35. The van der Waals surface area contributed by atoms with Gasteiger partial charge in [-0.3, -0.25) is 4.57 Å². The monoisotopic (exact) mass is 239 g/mol. The summed E-state index contributed by atoms with van der Waals surface area (Å²) < 4.78 is 16.0. The first-order valence-electron chi connectivity index (χ1n) is 5.58. The molecular formula is C10H26NO3P. The summed E-state index contributed by atoms with van der Waals surface area (Å²) in [6.07, 6.45) is 7.06. The Bertz CT molecular complexity index is 176. The van der Waals surface area contributed by atoms with E-state index in [-0.39, 0.29) is 6.15 Å². The number of hydrogen-bond acceptors (Lipinski definition) is 3. The van der Waals surface area contributed by atoms with E-state index in [9.17, 15) is 9.46 Å². The zero-order valence-electron chi connectivity index (χ0n) is 10.1. The molecule has 5 heteroatoms.